The number of hydrogen-bond donors (Lipinski definition) is 5. The van der Waals surface area contributed by atoms with Crippen LogP contribution in [0.1, 0.15) is 18.4 Å². The number of nitrogens with one attached hydrogen (secondary N) is 2. The van der Waals surface area contributed by atoms with E-state index in [1.807, 2.05) is 0 Å². The van der Waals surface area contributed by atoms with Gasteiger partial charge in [-0.1, -0.05) is 30.3 Å². The first-order valence-corrected chi connectivity index (χ1v) is 12.4. The lowest BCUT2D eigenvalue weighted by Gasteiger charge is -2.22. The number of carbonyl (C=O) groups is 2. The molecule has 0 spiro atoms. The van der Waals surface area contributed by atoms with Gasteiger partial charge in [0.1, 0.15) is 12.1 Å². The molecule has 2 rings (SSSR count). The minimum absolute atomic E-state index is 0.0171. The van der Waals surface area contributed by atoms with Crippen LogP contribution in [0.25, 0.3) is 0 Å². The molecule has 8 N–H and O–H groups in total. The fourth-order valence-corrected chi connectivity index (χ4v) is 4.71. The first kappa shape index (κ1) is 29.6. The summed E-state index contributed by atoms with van der Waals surface area (Å²) in [7, 11) is -4.77. The molecular formula is C21H26N8O8S. The summed E-state index contributed by atoms with van der Waals surface area (Å²) in [5.74, 6) is -2.05. The van der Waals surface area contributed by atoms with E-state index in [0.717, 1.165) is 6.07 Å². The van der Waals surface area contributed by atoms with Crippen LogP contribution in [-0.4, -0.2) is 54.7 Å². The van der Waals surface area contributed by atoms with Crippen molar-refractivity contribution in [2.24, 2.45) is 22.2 Å². The molecule has 0 radical (unpaired) electrons. The van der Waals surface area contributed by atoms with Crippen molar-refractivity contribution in [3.05, 3.63) is 74.3 Å². The van der Waals surface area contributed by atoms with E-state index in [4.69, 9.17) is 17.2 Å². The zero-order chi connectivity index (χ0) is 28.5. The van der Waals surface area contributed by atoms with Crippen LogP contribution in [0.4, 0.5) is 11.4 Å². The van der Waals surface area contributed by atoms with E-state index < -0.39 is 60.0 Å². The summed E-state index contributed by atoms with van der Waals surface area (Å²) >= 11 is 0. The number of rotatable bonds is 14. The Morgan fingerprint density at radius 3 is 2.18 bits per heavy atom. The lowest BCUT2D eigenvalue weighted by Crippen LogP contribution is -2.53. The number of carbonyl (C=O) groups excluding carboxylic acids is 2. The van der Waals surface area contributed by atoms with Crippen molar-refractivity contribution in [2.75, 3.05) is 6.54 Å². The molecule has 0 saturated carbocycles. The maximum absolute atomic E-state index is 13.1. The standard InChI is InChI=1S/C21H26N8O8S/c22-19(30)16(11-13-5-2-1-3-6-13)26-20(31)15(7-4-10-25-21(23)24)27-38(36,37)18-9-8-14(28(32)33)12-17(18)29(34)35/h1-3,5-6,8-9,12,15-16,27H,4,7,10-11H2,(H2,22,30)(H,26,31)(H4,23,24,25)/t15-,16-/m0/s1. The highest BCUT2D eigenvalue weighted by molar-refractivity contribution is 7.89. The summed E-state index contributed by atoms with van der Waals surface area (Å²) in [6.07, 6.45) is -0.0660. The third kappa shape index (κ3) is 8.49. The van der Waals surface area contributed by atoms with Crippen molar-refractivity contribution in [3.63, 3.8) is 0 Å². The van der Waals surface area contributed by atoms with Crippen molar-refractivity contribution < 1.29 is 27.9 Å². The van der Waals surface area contributed by atoms with E-state index in [2.05, 4.69) is 15.0 Å². The second-order valence-electron chi connectivity index (χ2n) is 7.94. The summed E-state index contributed by atoms with van der Waals surface area (Å²) < 4.78 is 28.2. The van der Waals surface area contributed by atoms with Gasteiger partial charge in [-0.25, -0.2) is 8.42 Å². The summed E-state index contributed by atoms with van der Waals surface area (Å²) in [6, 6.07) is 7.79. The van der Waals surface area contributed by atoms with E-state index >= 15 is 0 Å². The van der Waals surface area contributed by atoms with Gasteiger partial charge < -0.3 is 22.5 Å². The molecular weight excluding hydrogens is 524 g/mol. The van der Waals surface area contributed by atoms with Crippen LogP contribution in [0.15, 0.2) is 58.4 Å². The molecule has 2 aromatic carbocycles. The largest absolute Gasteiger partial charge is 0.370 e. The number of benzene rings is 2. The number of guanidine groups is 1. The molecule has 0 fully saturated rings. The zero-order valence-electron chi connectivity index (χ0n) is 19.8. The second kappa shape index (κ2) is 13.1. The van der Waals surface area contributed by atoms with Crippen LogP contribution in [0.2, 0.25) is 0 Å². The van der Waals surface area contributed by atoms with Crippen LogP contribution >= 0.6 is 0 Å². The van der Waals surface area contributed by atoms with Crippen molar-refractivity contribution in [3.8, 4) is 0 Å². The Morgan fingerprint density at radius 1 is 0.974 bits per heavy atom. The van der Waals surface area contributed by atoms with Crippen molar-refractivity contribution in [1.82, 2.24) is 10.0 Å². The van der Waals surface area contributed by atoms with Gasteiger partial charge in [-0.15, -0.1) is 0 Å². The maximum atomic E-state index is 13.1. The molecule has 2 atom stereocenters. The first-order chi connectivity index (χ1) is 17.8. The monoisotopic (exact) mass is 550 g/mol. The highest BCUT2D eigenvalue weighted by Gasteiger charge is 2.33. The van der Waals surface area contributed by atoms with Crippen LogP contribution in [0.3, 0.4) is 0 Å². The molecule has 0 bridgehead atoms. The summed E-state index contributed by atoms with van der Waals surface area (Å²) in [5.41, 5.74) is 14.9. The number of nitro benzene ring substituents is 2. The van der Waals surface area contributed by atoms with Crippen molar-refractivity contribution in [1.29, 1.82) is 0 Å². The number of sulfonamides is 1. The molecule has 16 nitrogen and oxygen atoms in total. The van der Waals surface area contributed by atoms with E-state index in [-0.39, 0.29) is 31.8 Å². The summed E-state index contributed by atoms with van der Waals surface area (Å²) in [5, 5.41) is 24.8. The molecule has 2 aromatic rings. The van der Waals surface area contributed by atoms with Gasteiger partial charge in [0.25, 0.3) is 11.4 Å². The number of non-ortho nitro benzene ring substituents is 1. The lowest BCUT2D eigenvalue weighted by atomic mass is 10.0. The molecule has 38 heavy (non-hydrogen) atoms. The average Bonchev–Trinajstić information content (AvgIpc) is 2.85. The molecule has 0 aliphatic rings. The van der Waals surface area contributed by atoms with Crippen LogP contribution in [-0.2, 0) is 26.0 Å². The molecule has 0 saturated heterocycles. The van der Waals surface area contributed by atoms with Gasteiger partial charge in [0.05, 0.1) is 15.9 Å². The molecule has 2 amide bonds. The predicted molar refractivity (Wildman–Crippen MR) is 135 cm³/mol. The second-order valence-corrected chi connectivity index (χ2v) is 9.62. The van der Waals surface area contributed by atoms with Crippen LogP contribution in [0.5, 0.6) is 0 Å². The highest BCUT2D eigenvalue weighted by Crippen LogP contribution is 2.28. The normalized spacial score (nSPS) is 12.6. The lowest BCUT2D eigenvalue weighted by molar-refractivity contribution is -0.396. The van der Waals surface area contributed by atoms with E-state index in [0.29, 0.717) is 17.7 Å². The number of nitrogens with two attached hydrogens (primary N) is 3. The van der Waals surface area contributed by atoms with Crippen molar-refractivity contribution >= 4 is 39.2 Å². The van der Waals surface area contributed by atoms with E-state index in [1.54, 1.807) is 30.3 Å². The first-order valence-electron chi connectivity index (χ1n) is 11.0. The molecule has 0 unspecified atom stereocenters. The molecule has 204 valence electrons. The minimum atomic E-state index is -4.77. The smallest absolute Gasteiger partial charge is 0.296 e. The van der Waals surface area contributed by atoms with Crippen molar-refractivity contribution in [2.45, 2.75) is 36.2 Å². The van der Waals surface area contributed by atoms with Gasteiger partial charge in [-0.2, -0.15) is 4.72 Å². The molecule has 0 aliphatic heterocycles. The van der Waals surface area contributed by atoms with Crippen LogP contribution in [0, 0.1) is 20.2 Å². The number of primary amides is 1. The topological polar surface area (TPSA) is 269 Å². The molecule has 17 heteroatoms. The number of nitrogens with zero attached hydrogens (tertiary/aromatic N) is 3. The molecule has 0 aromatic heterocycles. The quantitative estimate of drug-likeness (QED) is 0.0656. The third-order valence-corrected chi connectivity index (χ3v) is 6.66. The summed E-state index contributed by atoms with van der Waals surface area (Å²) in [4.78, 5) is 48.4. The molecule has 0 heterocycles. The Kier molecular flexibility index (Phi) is 10.2. The highest BCUT2D eigenvalue weighted by atomic mass is 32.2. The predicted octanol–water partition coefficient (Wildman–Crippen LogP) is -0.584. The number of amides is 2. The average molecular weight is 551 g/mol. The van der Waals surface area contributed by atoms with Gasteiger partial charge >= 0.3 is 0 Å². The zero-order valence-corrected chi connectivity index (χ0v) is 20.7. The van der Waals surface area contributed by atoms with Gasteiger partial charge in [-0.3, -0.25) is 34.8 Å². The number of nitro groups is 2. The minimum Gasteiger partial charge on any atom is -0.370 e. The Morgan fingerprint density at radius 2 is 1.63 bits per heavy atom. The fourth-order valence-electron chi connectivity index (χ4n) is 3.33. The Bertz CT molecular complexity index is 1330. The number of hydrogen-bond acceptors (Lipinski definition) is 9. The fraction of sp³-hybridized carbons (Fsp3) is 0.286. The van der Waals surface area contributed by atoms with Gasteiger partial charge in [0.2, 0.25) is 21.8 Å². The van der Waals surface area contributed by atoms with E-state index in [9.17, 15) is 38.2 Å². The molecule has 0 aliphatic carbocycles. The maximum Gasteiger partial charge on any atom is 0.296 e. The van der Waals surface area contributed by atoms with Gasteiger partial charge in [-0.05, 0) is 24.5 Å². The van der Waals surface area contributed by atoms with E-state index in [1.165, 1.54) is 0 Å². The van der Waals surface area contributed by atoms with Gasteiger partial charge in [0, 0.05) is 19.0 Å². The Balaban J connectivity index is 2.36. The number of aliphatic imine (C=N–C) groups is 1. The Hall–Kier alpha value is -4.64. The Labute approximate surface area is 216 Å². The van der Waals surface area contributed by atoms with Gasteiger partial charge in [0.15, 0.2) is 10.9 Å². The summed E-state index contributed by atoms with van der Waals surface area (Å²) in [6.45, 7) is 0.0226. The SMILES string of the molecule is NC(=O)[C@H](Cc1ccccc1)NC(=O)[C@H](CCCN=C(N)N)NS(=O)(=O)c1ccc([N+](=O)[O-])cc1[N+](=O)[O-]. The third-order valence-electron chi connectivity index (χ3n) is 5.14. The van der Waals surface area contributed by atoms with Crippen LogP contribution < -0.4 is 27.2 Å².